The van der Waals surface area contributed by atoms with Gasteiger partial charge in [0.05, 0.1) is 0 Å². The summed E-state index contributed by atoms with van der Waals surface area (Å²) in [5, 5.41) is 15.0. The Morgan fingerprint density at radius 2 is 2.31 bits per heavy atom. The molecule has 16 heavy (non-hydrogen) atoms. The van der Waals surface area contributed by atoms with Crippen molar-refractivity contribution in [2.45, 2.75) is 23.2 Å². The lowest BCUT2D eigenvalue weighted by molar-refractivity contribution is 0.116. The molecule has 2 aromatic rings. The first-order valence-corrected chi connectivity index (χ1v) is 5.65. The van der Waals surface area contributed by atoms with E-state index in [2.05, 4.69) is 10.1 Å². The van der Waals surface area contributed by atoms with Crippen LogP contribution in [0.5, 0.6) is 0 Å². The number of nitrogen functional groups attached to an aromatic ring is 1. The summed E-state index contributed by atoms with van der Waals surface area (Å²) < 4.78 is 1.52. The number of fused-ring (bicyclic) bond motifs is 2. The molecule has 0 aliphatic carbocycles. The second-order valence-electron chi connectivity index (χ2n) is 3.66. The van der Waals surface area contributed by atoms with Crippen LogP contribution in [-0.4, -0.2) is 19.9 Å². The van der Waals surface area contributed by atoms with Crippen molar-refractivity contribution in [1.29, 1.82) is 0 Å². The van der Waals surface area contributed by atoms with Crippen LogP contribution in [-0.2, 0) is 0 Å². The van der Waals surface area contributed by atoms with Gasteiger partial charge in [0.1, 0.15) is 5.82 Å². The molecule has 1 unspecified atom stereocenters. The molecule has 6 heteroatoms. The second kappa shape index (κ2) is 3.23. The maximum absolute atomic E-state index is 10.1. The van der Waals surface area contributed by atoms with E-state index in [1.165, 1.54) is 16.4 Å². The molecular weight excluding hydrogens is 224 g/mol. The highest BCUT2D eigenvalue weighted by atomic mass is 32.2. The number of aliphatic hydroxyl groups excluding tert-OH is 1. The van der Waals surface area contributed by atoms with Crippen LogP contribution in [0.15, 0.2) is 28.3 Å². The summed E-state index contributed by atoms with van der Waals surface area (Å²) in [5.41, 5.74) is 7.12. The van der Waals surface area contributed by atoms with Crippen LogP contribution in [0.25, 0.3) is 0 Å². The zero-order valence-corrected chi connectivity index (χ0v) is 9.40. The Hall–Kier alpha value is -1.53. The van der Waals surface area contributed by atoms with E-state index in [0.717, 1.165) is 10.5 Å². The summed E-state index contributed by atoms with van der Waals surface area (Å²) in [6, 6.07) is 5.48. The molecular formula is C10H10N4OS. The van der Waals surface area contributed by atoms with Gasteiger partial charge in [0.25, 0.3) is 0 Å². The first-order chi connectivity index (χ1) is 7.65. The van der Waals surface area contributed by atoms with E-state index in [4.69, 9.17) is 5.73 Å². The fourth-order valence-electron chi connectivity index (χ4n) is 1.73. The zero-order chi connectivity index (χ0) is 11.3. The van der Waals surface area contributed by atoms with Crippen molar-refractivity contribution in [2.24, 2.45) is 0 Å². The van der Waals surface area contributed by atoms with Crippen molar-refractivity contribution >= 4 is 17.4 Å². The maximum atomic E-state index is 10.1. The minimum Gasteiger partial charge on any atom is -0.399 e. The monoisotopic (exact) mass is 234 g/mol. The van der Waals surface area contributed by atoms with Crippen molar-refractivity contribution in [3.8, 4) is 0 Å². The molecule has 1 aliphatic heterocycles. The van der Waals surface area contributed by atoms with Crippen LogP contribution in [0, 0.1) is 6.92 Å². The molecule has 0 saturated heterocycles. The van der Waals surface area contributed by atoms with Crippen molar-refractivity contribution in [1.82, 2.24) is 14.8 Å². The molecule has 1 aromatic heterocycles. The van der Waals surface area contributed by atoms with Gasteiger partial charge in [-0.2, -0.15) is 5.10 Å². The molecule has 1 aliphatic rings. The summed E-state index contributed by atoms with van der Waals surface area (Å²) in [4.78, 5) is 5.22. The lowest BCUT2D eigenvalue weighted by atomic mass is 10.2. The molecule has 0 fully saturated rings. The van der Waals surface area contributed by atoms with Crippen LogP contribution in [0.2, 0.25) is 0 Å². The highest BCUT2D eigenvalue weighted by molar-refractivity contribution is 7.99. The molecule has 82 valence electrons. The van der Waals surface area contributed by atoms with Gasteiger partial charge in [-0.25, -0.2) is 9.67 Å². The molecule has 1 atom stereocenters. The number of aryl methyl sites for hydroxylation is 1. The van der Waals surface area contributed by atoms with Gasteiger partial charge in [-0.1, -0.05) is 0 Å². The van der Waals surface area contributed by atoms with Crippen molar-refractivity contribution in [2.75, 3.05) is 5.73 Å². The van der Waals surface area contributed by atoms with Gasteiger partial charge in [0.2, 0.25) is 0 Å². The van der Waals surface area contributed by atoms with E-state index in [1.54, 1.807) is 13.0 Å². The van der Waals surface area contributed by atoms with Gasteiger partial charge < -0.3 is 10.8 Å². The topological polar surface area (TPSA) is 77.0 Å². The van der Waals surface area contributed by atoms with E-state index >= 15 is 0 Å². The summed E-state index contributed by atoms with van der Waals surface area (Å²) in [5.74, 6) is 0.655. The molecule has 5 nitrogen and oxygen atoms in total. The predicted molar refractivity (Wildman–Crippen MR) is 60.1 cm³/mol. The fourth-order valence-corrected chi connectivity index (χ4v) is 2.76. The Morgan fingerprint density at radius 1 is 1.50 bits per heavy atom. The van der Waals surface area contributed by atoms with Gasteiger partial charge in [0, 0.05) is 16.1 Å². The number of anilines is 1. The third kappa shape index (κ3) is 1.30. The molecule has 3 rings (SSSR count). The third-order valence-electron chi connectivity index (χ3n) is 2.45. The SMILES string of the molecule is Cc1nc2n(n1)C(O)c1cc(N)ccc1S2. The number of benzene rings is 1. The van der Waals surface area contributed by atoms with Gasteiger partial charge in [-0.3, -0.25) is 0 Å². The molecule has 0 saturated carbocycles. The highest BCUT2D eigenvalue weighted by Gasteiger charge is 2.26. The Balaban J connectivity index is 2.18. The van der Waals surface area contributed by atoms with E-state index in [1.807, 2.05) is 12.1 Å². The van der Waals surface area contributed by atoms with E-state index < -0.39 is 6.23 Å². The first-order valence-electron chi connectivity index (χ1n) is 4.83. The molecule has 0 radical (unpaired) electrons. The number of rotatable bonds is 0. The normalized spacial score (nSPS) is 18.0. The van der Waals surface area contributed by atoms with Gasteiger partial charge in [-0.15, -0.1) is 0 Å². The molecule has 0 amide bonds. The summed E-state index contributed by atoms with van der Waals surface area (Å²) in [6.45, 7) is 1.80. The largest absolute Gasteiger partial charge is 0.399 e. The van der Waals surface area contributed by atoms with Crippen LogP contribution >= 0.6 is 11.8 Å². The third-order valence-corrected chi connectivity index (χ3v) is 3.50. The van der Waals surface area contributed by atoms with E-state index in [9.17, 15) is 5.11 Å². The summed E-state index contributed by atoms with van der Waals surface area (Å²) in [6.07, 6.45) is -0.795. The smallest absolute Gasteiger partial charge is 0.193 e. The Bertz CT molecular complexity index is 566. The van der Waals surface area contributed by atoms with Crippen LogP contribution in [0.1, 0.15) is 17.6 Å². The molecule has 0 bridgehead atoms. The maximum Gasteiger partial charge on any atom is 0.193 e. The minimum absolute atomic E-state index is 0.638. The van der Waals surface area contributed by atoms with Gasteiger partial charge >= 0.3 is 0 Å². The standard InChI is InChI=1S/C10H10N4OS/c1-5-12-10-14(13-5)9(15)7-4-6(11)2-3-8(7)16-10/h2-4,9,15H,11H2,1H3. The average Bonchev–Trinajstić information content (AvgIpc) is 2.61. The highest BCUT2D eigenvalue weighted by Crippen LogP contribution is 2.39. The first kappa shape index (κ1) is 9.68. The number of aliphatic hydroxyl groups is 1. The number of nitrogens with two attached hydrogens (primary N) is 1. The minimum atomic E-state index is -0.795. The quantitative estimate of drug-likeness (QED) is 0.669. The predicted octanol–water partition coefficient (Wildman–Crippen LogP) is 1.17. The van der Waals surface area contributed by atoms with Crippen molar-refractivity contribution < 1.29 is 5.11 Å². The summed E-state index contributed by atoms with van der Waals surface area (Å²) in [7, 11) is 0. The summed E-state index contributed by atoms with van der Waals surface area (Å²) >= 11 is 1.49. The van der Waals surface area contributed by atoms with Crippen LogP contribution in [0.3, 0.4) is 0 Å². The van der Waals surface area contributed by atoms with Gasteiger partial charge in [-0.05, 0) is 36.9 Å². The van der Waals surface area contributed by atoms with Gasteiger partial charge in [0.15, 0.2) is 11.4 Å². The Labute approximate surface area is 96.3 Å². The number of aromatic nitrogens is 3. The second-order valence-corrected chi connectivity index (χ2v) is 4.67. The Morgan fingerprint density at radius 3 is 3.12 bits per heavy atom. The Kier molecular flexibility index (Phi) is 1.95. The molecule has 0 spiro atoms. The molecule has 2 heterocycles. The molecule has 1 aromatic carbocycles. The van der Waals surface area contributed by atoms with Crippen LogP contribution in [0.4, 0.5) is 5.69 Å². The number of nitrogens with zero attached hydrogens (tertiary/aromatic N) is 3. The van der Waals surface area contributed by atoms with Crippen molar-refractivity contribution in [3.63, 3.8) is 0 Å². The zero-order valence-electron chi connectivity index (χ0n) is 8.58. The van der Waals surface area contributed by atoms with E-state index in [0.29, 0.717) is 16.7 Å². The molecule has 3 N–H and O–H groups in total. The van der Waals surface area contributed by atoms with E-state index in [-0.39, 0.29) is 0 Å². The van der Waals surface area contributed by atoms with Crippen LogP contribution < -0.4 is 5.73 Å². The average molecular weight is 234 g/mol. The van der Waals surface area contributed by atoms with Crippen molar-refractivity contribution in [3.05, 3.63) is 29.6 Å². The number of hydrogen-bond acceptors (Lipinski definition) is 5. The number of hydrogen-bond donors (Lipinski definition) is 2. The fraction of sp³-hybridized carbons (Fsp3) is 0.200. The lowest BCUT2D eigenvalue weighted by Gasteiger charge is -2.21. The lowest BCUT2D eigenvalue weighted by Crippen LogP contribution is -2.17.